The van der Waals surface area contributed by atoms with Crippen molar-refractivity contribution in [3.63, 3.8) is 0 Å². The summed E-state index contributed by atoms with van der Waals surface area (Å²) in [5.74, 6) is 1.27. The molecule has 1 N–H and O–H groups in total. The van der Waals surface area contributed by atoms with Crippen molar-refractivity contribution in [1.29, 1.82) is 0 Å². The third-order valence-electron chi connectivity index (χ3n) is 5.52. The second-order valence-electron chi connectivity index (χ2n) is 8.04. The van der Waals surface area contributed by atoms with Crippen molar-refractivity contribution < 1.29 is 19.0 Å². The Labute approximate surface area is 207 Å². The number of carbonyl (C=O) groups excluding carboxylic acids is 1. The number of anilines is 1. The lowest BCUT2D eigenvalue weighted by atomic mass is 9.95. The van der Waals surface area contributed by atoms with Gasteiger partial charge in [0, 0.05) is 5.70 Å². The molecule has 0 bridgehead atoms. The number of hydrogen-bond donors (Lipinski definition) is 1. The van der Waals surface area contributed by atoms with Crippen LogP contribution in [0.15, 0.2) is 58.5 Å². The van der Waals surface area contributed by atoms with Crippen LogP contribution in [0, 0.1) is 6.92 Å². The van der Waals surface area contributed by atoms with E-state index in [4.69, 9.17) is 14.2 Å². The first-order valence-electron chi connectivity index (χ1n) is 11.0. The largest absolute Gasteiger partial charge is 0.493 e. The molecule has 34 heavy (non-hydrogen) atoms. The van der Waals surface area contributed by atoms with Crippen molar-refractivity contribution >= 4 is 27.8 Å². The fourth-order valence-corrected chi connectivity index (χ4v) is 4.39. The average molecular weight is 527 g/mol. The maximum Gasteiger partial charge on any atom is 0.338 e. The van der Waals surface area contributed by atoms with Gasteiger partial charge in [0.2, 0.25) is 5.95 Å². The summed E-state index contributed by atoms with van der Waals surface area (Å²) in [6, 6.07) is 11.4. The third kappa shape index (κ3) is 4.79. The van der Waals surface area contributed by atoms with Gasteiger partial charge in [0.25, 0.3) is 0 Å². The number of allylic oxidation sites excluding steroid dienone is 1. The minimum Gasteiger partial charge on any atom is -0.493 e. The molecular formula is C25H27BrN4O4. The zero-order chi connectivity index (χ0) is 24.2. The van der Waals surface area contributed by atoms with Crippen molar-refractivity contribution in [2.75, 3.05) is 19.0 Å². The number of esters is 1. The minimum atomic E-state index is -0.542. The zero-order valence-electron chi connectivity index (χ0n) is 19.6. The van der Waals surface area contributed by atoms with Gasteiger partial charge in [0.15, 0.2) is 11.5 Å². The molecule has 1 aromatic heterocycles. The summed E-state index contributed by atoms with van der Waals surface area (Å²) in [5, 5.41) is 7.51. The van der Waals surface area contributed by atoms with E-state index in [0.717, 1.165) is 17.5 Å². The fourth-order valence-electron chi connectivity index (χ4n) is 3.81. The molecule has 1 aliphatic rings. The Balaban J connectivity index is 1.71. The fraction of sp³-hybridized carbons (Fsp3) is 0.320. The molecule has 2 heterocycles. The number of hydrogen-bond acceptors (Lipinski definition) is 7. The first-order chi connectivity index (χ1) is 16.4. The van der Waals surface area contributed by atoms with Crippen LogP contribution in [-0.4, -0.2) is 34.5 Å². The standard InChI is InChI=1S/C25H27BrN4O4/c1-5-10-33-24(31)21-16(3)29-25-27-14-28-30(25)22(21)18-11-19(26)23(20(12-18)32-4)34-13-17-8-6-15(2)7-9-17/h6-9,11-12,14,22H,5,10,13H2,1-4H3,(H,27,28,29). The molecule has 0 radical (unpaired) electrons. The lowest BCUT2D eigenvalue weighted by molar-refractivity contribution is -0.139. The maximum absolute atomic E-state index is 13.0. The molecule has 1 unspecified atom stereocenters. The molecule has 9 heteroatoms. The molecule has 2 aromatic carbocycles. The van der Waals surface area contributed by atoms with Crippen LogP contribution in [0.25, 0.3) is 0 Å². The quantitative estimate of drug-likeness (QED) is 0.404. The molecule has 0 aliphatic carbocycles. The molecule has 4 rings (SSSR count). The average Bonchev–Trinajstić information content (AvgIpc) is 3.29. The van der Waals surface area contributed by atoms with Gasteiger partial charge in [0.1, 0.15) is 19.0 Å². The van der Waals surface area contributed by atoms with Gasteiger partial charge in [-0.15, -0.1) is 0 Å². The third-order valence-corrected chi connectivity index (χ3v) is 6.11. The van der Waals surface area contributed by atoms with Crippen molar-refractivity contribution in [3.05, 3.63) is 75.2 Å². The van der Waals surface area contributed by atoms with Crippen LogP contribution in [0.1, 0.15) is 43.0 Å². The van der Waals surface area contributed by atoms with E-state index in [1.54, 1.807) is 11.8 Å². The van der Waals surface area contributed by atoms with Gasteiger partial charge in [0.05, 0.1) is 23.8 Å². The van der Waals surface area contributed by atoms with Crippen LogP contribution in [0.3, 0.4) is 0 Å². The van der Waals surface area contributed by atoms with Crippen LogP contribution in [0.4, 0.5) is 5.95 Å². The molecule has 0 amide bonds. The number of nitrogens with one attached hydrogen (secondary N) is 1. The monoisotopic (exact) mass is 526 g/mol. The summed E-state index contributed by atoms with van der Waals surface area (Å²) >= 11 is 3.64. The Morgan fingerprint density at radius 3 is 2.68 bits per heavy atom. The number of fused-ring (bicyclic) bond motifs is 1. The first kappa shape index (κ1) is 23.8. The maximum atomic E-state index is 13.0. The van der Waals surface area contributed by atoms with E-state index in [9.17, 15) is 4.79 Å². The molecule has 1 atom stereocenters. The first-order valence-corrected chi connectivity index (χ1v) is 11.8. The number of carbonyl (C=O) groups is 1. The van der Waals surface area contributed by atoms with E-state index in [-0.39, 0.29) is 0 Å². The topological polar surface area (TPSA) is 87.5 Å². The Hall–Kier alpha value is -3.33. The van der Waals surface area contributed by atoms with Crippen LogP contribution in [0.5, 0.6) is 11.5 Å². The van der Waals surface area contributed by atoms with Gasteiger partial charge in [-0.05, 0) is 59.5 Å². The number of rotatable bonds is 8. The van der Waals surface area contributed by atoms with Crippen molar-refractivity contribution in [2.45, 2.75) is 39.8 Å². The number of methoxy groups -OCH3 is 1. The number of nitrogens with zero attached hydrogens (tertiary/aromatic N) is 3. The molecule has 8 nitrogen and oxygen atoms in total. The smallest absolute Gasteiger partial charge is 0.338 e. The predicted molar refractivity (Wildman–Crippen MR) is 132 cm³/mol. The lowest BCUT2D eigenvalue weighted by Crippen LogP contribution is -2.29. The van der Waals surface area contributed by atoms with Gasteiger partial charge >= 0.3 is 5.97 Å². The van der Waals surface area contributed by atoms with Gasteiger partial charge in [-0.2, -0.15) is 10.1 Å². The highest BCUT2D eigenvalue weighted by Crippen LogP contribution is 2.43. The molecule has 178 valence electrons. The van der Waals surface area contributed by atoms with E-state index >= 15 is 0 Å². The van der Waals surface area contributed by atoms with Crippen molar-refractivity contribution in [3.8, 4) is 11.5 Å². The highest BCUT2D eigenvalue weighted by Gasteiger charge is 2.35. The van der Waals surface area contributed by atoms with Crippen LogP contribution >= 0.6 is 15.9 Å². The minimum absolute atomic E-state index is 0.339. The number of ether oxygens (including phenoxy) is 3. The van der Waals surface area contributed by atoms with Crippen LogP contribution in [0.2, 0.25) is 0 Å². The van der Waals surface area contributed by atoms with Gasteiger partial charge in [-0.3, -0.25) is 0 Å². The lowest BCUT2D eigenvalue weighted by Gasteiger charge is -2.29. The Morgan fingerprint density at radius 1 is 1.21 bits per heavy atom. The predicted octanol–water partition coefficient (Wildman–Crippen LogP) is 5.18. The number of benzene rings is 2. The Kier molecular flexibility index (Phi) is 7.21. The van der Waals surface area contributed by atoms with E-state index in [0.29, 0.717) is 46.4 Å². The Bertz CT molecular complexity index is 1220. The van der Waals surface area contributed by atoms with Crippen molar-refractivity contribution in [1.82, 2.24) is 14.8 Å². The van der Waals surface area contributed by atoms with E-state index < -0.39 is 12.0 Å². The van der Waals surface area contributed by atoms with E-state index in [1.807, 2.05) is 45.0 Å². The summed E-state index contributed by atoms with van der Waals surface area (Å²) < 4.78 is 19.6. The highest BCUT2D eigenvalue weighted by molar-refractivity contribution is 9.10. The number of aryl methyl sites for hydroxylation is 1. The summed E-state index contributed by atoms with van der Waals surface area (Å²) in [6.45, 7) is 6.57. The van der Waals surface area contributed by atoms with Gasteiger partial charge in [-0.25, -0.2) is 9.48 Å². The SMILES string of the molecule is CCCOC(=O)C1=C(C)Nc2ncnn2C1c1cc(Br)c(OCc2ccc(C)cc2)c(OC)c1. The van der Waals surface area contributed by atoms with Crippen molar-refractivity contribution in [2.24, 2.45) is 0 Å². The summed E-state index contributed by atoms with van der Waals surface area (Å²) in [4.78, 5) is 17.3. The van der Waals surface area contributed by atoms with E-state index in [1.165, 1.54) is 11.9 Å². The molecule has 0 fully saturated rings. The van der Waals surface area contributed by atoms with Crippen LogP contribution in [-0.2, 0) is 16.1 Å². The summed E-state index contributed by atoms with van der Waals surface area (Å²) in [6.07, 6.45) is 2.19. The molecule has 0 saturated carbocycles. The molecule has 0 spiro atoms. The molecular weight excluding hydrogens is 500 g/mol. The molecule has 0 saturated heterocycles. The van der Waals surface area contributed by atoms with E-state index in [2.05, 4.69) is 43.5 Å². The second-order valence-corrected chi connectivity index (χ2v) is 8.89. The normalized spacial score (nSPS) is 14.9. The summed E-state index contributed by atoms with van der Waals surface area (Å²) in [5.41, 5.74) is 4.16. The molecule has 1 aliphatic heterocycles. The van der Waals surface area contributed by atoms with Gasteiger partial charge < -0.3 is 19.5 Å². The highest BCUT2D eigenvalue weighted by atomic mass is 79.9. The second kappa shape index (κ2) is 10.3. The van der Waals surface area contributed by atoms with Crippen LogP contribution < -0.4 is 14.8 Å². The van der Waals surface area contributed by atoms with Gasteiger partial charge in [-0.1, -0.05) is 36.8 Å². The zero-order valence-corrected chi connectivity index (χ0v) is 21.2. The molecule has 3 aromatic rings. The number of halogens is 1. The summed E-state index contributed by atoms with van der Waals surface area (Å²) in [7, 11) is 1.59. The Morgan fingerprint density at radius 2 is 1.97 bits per heavy atom. The number of aromatic nitrogens is 3.